The molecule has 7 heteroatoms. The van der Waals surface area contributed by atoms with Gasteiger partial charge in [-0.15, -0.1) is 0 Å². The average molecular weight is 396 g/mol. The molecule has 1 fully saturated rings. The van der Waals surface area contributed by atoms with Crippen LogP contribution in [0.1, 0.15) is 34.8 Å². The van der Waals surface area contributed by atoms with Crippen molar-refractivity contribution in [2.75, 3.05) is 13.2 Å². The summed E-state index contributed by atoms with van der Waals surface area (Å²) in [6, 6.07) is 16.6. The van der Waals surface area contributed by atoms with E-state index in [1.165, 1.54) is 0 Å². The predicted molar refractivity (Wildman–Crippen MR) is 106 cm³/mol. The van der Waals surface area contributed by atoms with Gasteiger partial charge in [-0.25, -0.2) is 4.79 Å². The van der Waals surface area contributed by atoms with E-state index in [4.69, 9.17) is 4.74 Å². The normalized spacial score (nSPS) is 15.1. The quantitative estimate of drug-likeness (QED) is 0.559. The smallest absolute Gasteiger partial charge is 0.331 e. The van der Waals surface area contributed by atoms with Crippen LogP contribution in [0.15, 0.2) is 60.7 Å². The Hall–Kier alpha value is -3.19. The Morgan fingerprint density at radius 2 is 1.59 bits per heavy atom. The Labute approximate surface area is 169 Å². The molecule has 1 aliphatic carbocycles. The molecule has 3 N–H and O–H groups in total. The van der Waals surface area contributed by atoms with Crippen molar-refractivity contribution in [3.05, 3.63) is 71.8 Å². The molecule has 3 rings (SSSR count). The highest BCUT2D eigenvalue weighted by atomic mass is 16.5. The molecule has 2 aromatic rings. The van der Waals surface area contributed by atoms with E-state index in [-0.39, 0.29) is 6.04 Å². The second kappa shape index (κ2) is 9.84. The van der Waals surface area contributed by atoms with Gasteiger partial charge in [0.2, 0.25) is 0 Å². The Kier molecular flexibility index (Phi) is 6.97. The van der Waals surface area contributed by atoms with Crippen LogP contribution in [-0.4, -0.2) is 42.1 Å². The maximum atomic E-state index is 12.3. The molecule has 0 aromatic heterocycles. The molecule has 1 saturated carbocycles. The van der Waals surface area contributed by atoms with Crippen LogP contribution in [0.2, 0.25) is 0 Å². The summed E-state index contributed by atoms with van der Waals surface area (Å²) in [5.74, 6) is -1.42. The molecule has 2 unspecified atom stereocenters. The number of amides is 2. The van der Waals surface area contributed by atoms with E-state index >= 15 is 0 Å². The number of carbonyl (C=O) groups is 3. The van der Waals surface area contributed by atoms with Crippen LogP contribution in [0.5, 0.6) is 0 Å². The molecule has 0 aliphatic heterocycles. The van der Waals surface area contributed by atoms with Crippen molar-refractivity contribution in [3.8, 4) is 0 Å². The summed E-state index contributed by atoms with van der Waals surface area (Å²) in [4.78, 5) is 36.6. The number of ether oxygens (including phenoxy) is 1. The largest absolute Gasteiger partial charge is 0.454 e. The third kappa shape index (κ3) is 5.89. The number of benzene rings is 2. The highest BCUT2D eigenvalue weighted by molar-refractivity contribution is 5.97. The third-order valence-electron chi connectivity index (χ3n) is 4.72. The Morgan fingerprint density at radius 3 is 2.17 bits per heavy atom. The van der Waals surface area contributed by atoms with Gasteiger partial charge >= 0.3 is 5.97 Å². The van der Waals surface area contributed by atoms with Crippen LogP contribution in [0.3, 0.4) is 0 Å². The van der Waals surface area contributed by atoms with Crippen LogP contribution in [0, 0.1) is 5.92 Å². The monoisotopic (exact) mass is 396 g/mol. The number of rotatable bonds is 9. The number of esters is 1. The van der Waals surface area contributed by atoms with E-state index < -0.39 is 37.0 Å². The molecule has 29 heavy (non-hydrogen) atoms. The molecular weight excluding hydrogens is 372 g/mol. The van der Waals surface area contributed by atoms with Gasteiger partial charge in [-0.2, -0.15) is 0 Å². The minimum atomic E-state index is -1.25. The summed E-state index contributed by atoms with van der Waals surface area (Å²) in [7, 11) is 0. The van der Waals surface area contributed by atoms with Crippen molar-refractivity contribution in [3.63, 3.8) is 0 Å². The van der Waals surface area contributed by atoms with Crippen LogP contribution in [-0.2, 0) is 14.3 Å². The topological polar surface area (TPSA) is 105 Å². The minimum Gasteiger partial charge on any atom is -0.454 e. The first-order valence-electron chi connectivity index (χ1n) is 9.56. The van der Waals surface area contributed by atoms with Crippen molar-refractivity contribution in [2.24, 2.45) is 5.92 Å². The second-order valence-corrected chi connectivity index (χ2v) is 6.98. The summed E-state index contributed by atoms with van der Waals surface area (Å²) in [5, 5.41) is 14.7. The Balaban J connectivity index is 1.50. The van der Waals surface area contributed by atoms with Gasteiger partial charge in [-0.1, -0.05) is 48.5 Å². The van der Waals surface area contributed by atoms with Crippen molar-refractivity contribution in [1.82, 2.24) is 10.6 Å². The number of hydrogen-bond donors (Lipinski definition) is 3. The zero-order valence-corrected chi connectivity index (χ0v) is 15.9. The van der Waals surface area contributed by atoms with Crippen molar-refractivity contribution < 1.29 is 24.2 Å². The summed E-state index contributed by atoms with van der Waals surface area (Å²) >= 11 is 0. The van der Waals surface area contributed by atoms with Gasteiger partial charge in [0.1, 0.15) is 0 Å². The molecule has 2 amide bonds. The second-order valence-electron chi connectivity index (χ2n) is 6.98. The number of nitrogens with one attached hydrogen (secondary N) is 2. The third-order valence-corrected chi connectivity index (χ3v) is 4.72. The highest BCUT2D eigenvalue weighted by Gasteiger charge is 2.33. The number of hydrogen-bond acceptors (Lipinski definition) is 5. The number of carbonyl (C=O) groups excluding carboxylic acids is 3. The van der Waals surface area contributed by atoms with E-state index in [9.17, 15) is 19.5 Å². The molecule has 152 valence electrons. The molecule has 7 nitrogen and oxygen atoms in total. The van der Waals surface area contributed by atoms with E-state index in [1.54, 1.807) is 30.3 Å². The molecule has 0 bridgehead atoms. The van der Waals surface area contributed by atoms with Crippen LogP contribution < -0.4 is 10.6 Å². The lowest BCUT2D eigenvalue weighted by molar-refractivity contribution is -0.151. The van der Waals surface area contributed by atoms with Gasteiger partial charge in [-0.05, 0) is 36.5 Å². The lowest BCUT2D eigenvalue weighted by Crippen LogP contribution is -2.45. The highest BCUT2D eigenvalue weighted by Crippen LogP contribution is 2.40. The van der Waals surface area contributed by atoms with Gasteiger partial charge in [0, 0.05) is 5.56 Å². The fourth-order valence-corrected chi connectivity index (χ4v) is 3.03. The Morgan fingerprint density at radius 1 is 0.966 bits per heavy atom. The van der Waals surface area contributed by atoms with Crippen LogP contribution in [0.25, 0.3) is 0 Å². The van der Waals surface area contributed by atoms with Crippen molar-refractivity contribution in [1.29, 1.82) is 0 Å². The average Bonchev–Trinajstić information content (AvgIpc) is 3.60. The first kappa shape index (κ1) is 20.5. The maximum Gasteiger partial charge on any atom is 0.331 e. The molecular formula is C22H24N2O5. The van der Waals surface area contributed by atoms with E-state index in [0.29, 0.717) is 11.5 Å². The van der Waals surface area contributed by atoms with Crippen LogP contribution in [0.4, 0.5) is 0 Å². The SMILES string of the molecule is O=C(COC(=O)C(CO)NC(=O)c1ccccc1)NC(c1ccccc1)C1CC1. The van der Waals surface area contributed by atoms with E-state index in [1.807, 2.05) is 30.3 Å². The first-order chi connectivity index (χ1) is 14.1. The number of aliphatic hydroxyl groups excluding tert-OH is 1. The first-order valence-corrected chi connectivity index (χ1v) is 9.56. The zero-order valence-electron chi connectivity index (χ0n) is 15.9. The lowest BCUT2D eigenvalue weighted by atomic mass is 10.0. The van der Waals surface area contributed by atoms with Gasteiger partial charge < -0.3 is 20.5 Å². The summed E-state index contributed by atoms with van der Waals surface area (Å²) < 4.78 is 5.00. The van der Waals surface area contributed by atoms with Gasteiger partial charge in [0.25, 0.3) is 11.8 Å². The van der Waals surface area contributed by atoms with E-state index in [2.05, 4.69) is 10.6 Å². The lowest BCUT2D eigenvalue weighted by Gasteiger charge is -2.19. The number of aliphatic hydroxyl groups is 1. The van der Waals surface area contributed by atoms with Gasteiger partial charge in [0.15, 0.2) is 12.6 Å². The molecule has 0 spiro atoms. The molecule has 2 aromatic carbocycles. The van der Waals surface area contributed by atoms with Crippen molar-refractivity contribution >= 4 is 17.8 Å². The molecule has 0 heterocycles. The van der Waals surface area contributed by atoms with E-state index in [0.717, 1.165) is 18.4 Å². The maximum absolute atomic E-state index is 12.3. The molecule has 2 atom stereocenters. The molecule has 0 saturated heterocycles. The minimum absolute atomic E-state index is 0.117. The van der Waals surface area contributed by atoms with Crippen LogP contribution >= 0.6 is 0 Å². The zero-order chi connectivity index (χ0) is 20.6. The Bertz CT molecular complexity index is 837. The fourth-order valence-electron chi connectivity index (χ4n) is 3.03. The summed E-state index contributed by atoms with van der Waals surface area (Å²) in [6.45, 7) is -1.11. The fraction of sp³-hybridized carbons (Fsp3) is 0.318. The van der Waals surface area contributed by atoms with Crippen molar-refractivity contribution in [2.45, 2.75) is 24.9 Å². The van der Waals surface area contributed by atoms with Gasteiger partial charge in [-0.3, -0.25) is 9.59 Å². The molecule has 1 aliphatic rings. The summed E-state index contributed by atoms with van der Waals surface area (Å²) in [6.07, 6.45) is 2.08. The van der Waals surface area contributed by atoms with Gasteiger partial charge in [0.05, 0.1) is 12.6 Å². The summed E-state index contributed by atoms with van der Waals surface area (Å²) in [5.41, 5.74) is 1.37. The predicted octanol–water partition coefficient (Wildman–Crippen LogP) is 1.59. The standard InChI is InChI=1S/C22H24N2O5/c25-13-18(23-21(27)17-9-5-2-6-10-17)22(28)29-14-19(26)24-20(16-11-12-16)15-7-3-1-4-8-15/h1-10,16,18,20,25H,11-14H2,(H,23,27)(H,24,26). The molecule has 0 radical (unpaired) electrons.